The van der Waals surface area contributed by atoms with Crippen molar-refractivity contribution in [3.05, 3.63) is 34.1 Å². The fourth-order valence-corrected chi connectivity index (χ4v) is 1.57. The number of benzene rings is 1. The first-order chi connectivity index (χ1) is 7.04. The van der Waals surface area contributed by atoms with Crippen LogP contribution in [0.4, 0.5) is 4.39 Å². The van der Waals surface area contributed by atoms with Crippen molar-refractivity contribution in [3.8, 4) is 0 Å². The van der Waals surface area contributed by atoms with Crippen molar-refractivity contribution in [1.82, 2.24) is 5.32 Å². The number of carbonyl (C=O) groups excluding carboxylic acids is 1. The lowest BCUT2D eigenvalue weighted by Crippen LogP contribution is -2.37. The third kappa shape index (κ3) is 3.28. The fourth-order valence-electron chi connectivity index (χ4n) is 1.03. The predicted octanol–water partition coefficient (Wildman–Crippen LogP) is 1.67. The zero-order valence-corrected chi connectivity index (χ0v) is 9.84. The van der Waals surface area contributed by atoms with Gasteiger partial charge in [0.05, 0.1) is 5.56 Å². The molecule has 0 spiro atoms. The predicted molar refractivity (Wildman–Crippen MR) is 60.1 cm³/mol. The molecule has 3 nitrogen and oxygen atoms in total. The van der Waals surface area contributed by atoms with E-state index in [2.05, 4.69) is 21.2 Å². The van der Waals surface area contributed by atoms with E-state index < -0.39 is 0 Å². The highest BCUT2D eigenvalue weighted by Crippen LogP contribution is 2.17. The Balaban J connectivity index is 2.82. The van der Waals surface area contributed by atoms with Crippen LogP contribution in [0.25, 0.3) is 0 Å². The summed E-state index contributed by atoms with van der Waals surface area (Å²) in [5.74, 6) is -0.648. The van der Waals surface area contributed by atoms with Gasteiger partial charge < -0.3 is 11.1 Å². The molecular weight excluding hydrogens is 263 g/mol. The molecule has 82 valence electrons. The van der Waals surface area contributed by atoms with E-state index in [1.54, 1.807) is 6.92 Å². The van der Waals surface area contributed by atoms with E-state index in [9.17, 15) is 9.18 Å². The van der Waals surface area contributed by atoms with Crippen LogP contribution in [0.3, 0.4) is 0 Å². The zero-order valence-electron chi connectivity index (χ0n) is 8.26. The van der Waals surface area contributed by atoms with Crippen molar-refractivity contribution in [3.63, 3.8) is 0 Å². The number of hydrogen-bond acceptors (Lipinski definition) is 2. The quantitative estimate of drug-likeness (QED) is 0.881. The molecule has 1 aromatic carbocycles. The molecule has 0 aliphatic carbocycles. The molecule has 0 saturated carbocycles. The number of hydrogen-bond donors (Lipinski definition) is 2. The normalized spacial score (nSPS) is 12.3. The summed E-state index contributed by atoms with van der Waals surface area (Å²) >= 11 is 3.13. The molecule has 0 fully saturated rings. The third-order valence-electron chi connectivity index (χ3n) is 1.91. The molecule has 5 heteroatoms. The van der Waals surface area contributed by atoms with Crippen LogP contribution in [0.1, 0.15) is 17.3 Å². The molecule has 0 unspecified atom stereocenters. The summed E-state index contributed by atoms with van der Waals surface area (Å²) < 4.78 is 13.2. The van der Waals surface area contributed by atoms with Crippen LogP contribution in [0.15, 0.2) is 22.7 Å². The molecule has 1 rings (SSSR count). The van der Waals surface area contributed by atoms with Gasteiger partial charge in [0.15, 0.2) is 0 Å². The van der Waals surface area contributed by atoms with Crippen molar-refractivity contribution in [2.45, 2.75) is 13.0 Å². The van der Waals surface area contributed by atoms with E-state index in [0.29, 0.717) is 16.6 Å². The van der Waals surface area contributed by atoms with Crippen molar-refractivity contribution >= 4 is 21.8 Å². The smallest absolute Gasteiger partial charge is 0.252 e. The lowest BCUT2D eigenvalue weighted by molar-refractivity contribution is 0.0940. The number of carbonyl (C=O) groups is 1. The first kappa shape index (κ1) is 12.1. The summed E-state index contributed by atoms with van der Waals surface area (Å²) in [6.45, 7) is 2.17. The second-order valence-electron chi connectivity index (χ2n) is 3.23. The average molecular weight is 275 g/mol. The van der Waals surface area contributed by atoms with Crippen LogP contribution in [-0.4, -0.2) is 18.5 Å². The van der Waals surface area contributed by atoms with E-state index in [0.717, 1.165) is 0 Å². The molecule has 0 radical (unpaired) electrons. The lowest BCUT2D eigenvalue weighted by Gasteiger charge is -2.12. The Morgan fingerprint density at radius 3 is 2.87 bits per heavy atom. The third-order valence-corrected chi connectivity index (χ3v) is 2.56. The molecule has 0 saturated heterocycles. The minimum absolute atomic E-state index is 0.102. The van der Waals surface area contributed by atoms with E-state index in [1.165, 1.54) is 18.2 Å². The highest BCUT2D eigenvalue weighted by molar-refractivity contribution is 9.10. The highest BCUT2D eigenvalue weighted by Gasteiger charge is 2.12. The lowest BCUT2D eigenvalue weighted by atomic mass is 10.2. The maximum absolute atomic E-state index is 12.8. The Kier molecular flexibility index (Phi) is 4.23. The van der Waals surface area contributed by atoms with Crippen molar-refractivity contribution < 1.29 is 9.18 Å². The Labute approximate surface area is 96.0 Å². The number of halogens is 2. The molecule has 15 heavy (non-hydrogen) atoms. The second kappa shape index (κ2) is 5.23. The summed E-state index contributed by atoms with van der Waals surface area (Å²) in [5, 5.41) is 2.69. The Bertz CT molecular complexity index is 370. The van der Waals surface area contributed by atoms with Crippen LogP contribution in [0, 0.1) is 5.82 Å². The minimum atomic E-state index is -0.384. The van der Waals surface area contributed by atoms with E-state index in [4.69, 9.17) is 5.73 Å². The molecule has 1 aromatic rings. The summed E-state index contributed by atoms with van der Waals surface area (Å²) in [4.78, 5) is 11.6. The van der Waals surface area contributed by atoms with Gasteiger partial charge in [-0.1, -0.05) is 0 Å². The summed E-state index contributed by atoms with van der Waals surface area (Å²) in [7, 11) is 0. The maximum atomic E-state index is 12.8. The maximum Gasteiger partial charge on any atom is 0.252 e. The summed E-state index contributed by atoms with van der Waals surface area (Å²) in [6.07, 6.45) is 0. The SMILES string of the molecule is C[C@@H](CN)NC(=O)c1ccc(F)cc1Br. The average Bonchev–Trinajstić information content (AvgIpc) is 2.17. The van der Waals surface area contributed by atoms with Crippen molar-refractivity contribution in [2.75, 3.05) is 6.54 Å². The number of nitrogens with one attached hydrogen (secondary N) is 1. The molecular formula is C10H12BrFN2O. The largest absolute Gasteiger partial charge is 0.348 e. The fraction of sp³-hybridized carbons (Fsp3) is 0.300. The Morgan fingerprint density at radius 2 is 2.33 bits per heavy atom. The van der Waals surface area contributed by atoms with Gasteiger partial charge in [-0.15, -0.1) is 0 Å². The van der Waals surface area contributed by atoms with Crippen LogP contribution in [0.5, 0.6) is 0 Å². The first-order valence-corrected chi connectivity index (χ1v) is 5.30. The van der Waals surface area contributed by atoms with Gasteiger partial charge in [0.25, 0.3) is 5.91 Å². The molecule has 1 atom stereocenters. The van der Waals surface area contributed by atoms with Crippen LogP contribution in [-0.2, 0) is 0 Å². The van der Waals surface area contributed by atoms with Crippen molar-refractivity contribution in [2.24, 2.45) is 5.73 Å². The summed E-state index contributed by atoms with van der Waals surface area (Å²) in [5.41, 5.74) is 5.77. The molecule has 0 aromatic heterocycles. The zero-order chi connectivity index (χ0) is 11.4. The number of amides is 1. The summed E-state index contributed by atoms with van der Waals surface area (Å²) in [6, 6.07) is 3.82. The van der Waals surface area contributed by atoms with Gasteiger partial charge in [0.2, 0.25) is 0 Å². The highest BCUT2D eigenvalue weighted by atomic mass is 79.9. The monoisotopic (exact) mass is 274 g/mol. The van der Waals surface area contributed by atoms with Crippen LogP contribution in [0.2, 0.25) is 0 Å². The molecule has 0 aliphatic heterocycles. The van der Waals surface area contributed by atoms with Crippen LogP contribution >= 0.6 is 15.9 Å². The molecule has 1 amide bonds. The van der Waals surface area contributed by atoms with Gasteiger partial charge in [-0.25, -0.2) is 4.39 Å². The molecule has 0 heterocycles. The Morgan fingerprint density at radius 1 is 1.67 bits per heavy atom. The standard InChI is InChI=1S/C10H12BrFN2O/c1-6(5-13)14-10(15)8-3-2-7(12)4-9(8)11/h2-4,6H,5,13H2,1H3,(H,14,15)/t6-/m0/s1. The van der Waals surface area contributed by atoms with Gasteiger partial charge in [-0.05, 0) is 41.1 Å². The van der Waals surface area contributed by atoms with Gasteiger partial charge in [0.1, 0.15) is 5.82 Å². The topological polar surface area (TPSA) is 55.1 Å². The van der Waals surface area contributed by atoms with E-state index >= 15 is 0 Å². The van der Waals surface area contributed by atoms with Gasteiger partial charge >= 0.3 is 0 Å². The molecule has 0 aliphatic rings. The number of nitrogens with two attached hydrogens (primary N) is 1. The van der Waals surface area contributed by atoms with Gasteiger partial charge in [-0.2, -0.15) is 0 Å². The minimum Gasteiger partial charge on any atom is -0.348 e. The first-order valence-electron chi connectivity index (χ1n) is 4.50. The molecule has 3 N–H and O–H groups in total. The van der Waals surface area contributed by atoms with Gasteiger partial charge in [0, 0.05) is 17.1 Å². The van der Waals surface area contributed by atoms with E-state index in [-0.39, 0.29) is 17.8 Å². The molecule has 0 bridgehead atoms. The van der Waals surface area contributed by atoms with Crippen molar-refractivity contribution in [1.29, 1.82) is 0 Å². The van der Waals surface area contributed by atoms with Gasteiger partial charge in [-0.3, -0.25) is 4.79 Å². The van der Waals surface area contributed by atoms with Crippen LogP contribution < -0.4 is 11.1 Å². The van der Waals surface area contributed by atoms with E-state index in [1.807, 2.05) is 0 Å². The second-order valence-corrected chi connectivity index (χ2v) is 4.09. The Hall–Kier alpha value is -0.940. The number of rotatable bonds is 3.